The van der Waals surface area contributed by atoms with Crippen LogP contribution >= 0.6 is 0 Å². The van der Waals surface area contributed by atoms with Crippen LogP contribution in [0.4, 0.5) is 0 Å². The number of hydrogen-bond acceptors (Lipinski definition) is 4. The Balaban J connectivity index is 1.95. The summed E-state index contributed by atoms with van der Waals surface area (Å²) >= 11 is 0. The minimum Gasteiger partial charge on any atom is -0.508 e. The number of methoxy groups -OCH3 is 1. The fourth-order valence-electron chi connectivity index (χ4n) is 2.65. The van der Waals surface area contributed by atoms with E-state index in [4.69, 9.17) is 4.74 Å². The fraction of sp³-hybridized carbons (Fsp3) is 0.562. The first-order valence-corrected chi connectivity index (χ1v) is 7.47. The van der Waals surface area contributed by atoms with Gasteiger partial charge in [-0.15, -0.1) is 0 Å². The van der Waals surface area contributed by atoms with Crippen LogP contribution in [0.2, 0.25) is 0 Å². The molecule has 1 heterocycles. The Hall–Kier alpha value is -1.59. The van der Waals surface area contributed by atoms with Gasteiger partial charge in [-0.2, -0.15) is 0 Å². The van der Waals surface area contributed by atoms with E-state index in [-0.39, 0.29) is 11.7 Å². The molecule has 1 aliphatic rings. The molecular weight excluding hydrogens is 268 g/mol. The molecule has 116 valence electrons. The van der Waals surface area contributed by atoms with Crippen LogP contribution in [0.25, 0.3) is 0 Å². The average molecular weight is 292 g/mol. The van der Waals surface area contributed by atoms with Crippen LogP contribution < -0.4 is 5.32 Å². The summed E-state index contributed by atoms with van der Waals surface area (Å²) in [5, 5.41) is 12.9. The summed E-state index contributed by atoms with van der Waals surface area (Å²) in [4.78, 5) is 14.3. The number of phenolic OH excluding ortho intramolecular Hbond substituents is 1. The second kappa shape index (κ2) is 8.00. The van der Waals surface area contributed by atoms with E-state index in [1.807, 2.05) is 11.0 Å². The summed E-state index contributed by atoms with van der Waals surface area (Å²) in [6.07, 6.45) is 2.59. The molecule has 0 aromatic heterocycles. The van der Waals surface area contributed by atoms with Crippen LogP contribution in [0.15, 0.2) is 24.3 Å². The molecule has 1 saturated heterocycles. The number of carbonyl (C=O) groups is 1. The number of carbonyl (C=O) groups excluding carboxylic acids is 1. The third-order valence-electron chi connectivity index (χ3n) is 3.79. The lowest BCUT2D eigenvalue weighted by Gasteiger charge is -2.26. The van der Waals surface area contributed by atoms with E-state index in [2.05, 4.69) is 5.32 Å². The zero-order valence-electron chi connectivity index (χ0n) is 12.5. The van der Waals surface area contributed by atoms with E-state index in [1.54, 1.807) is 25.3 Å². The molecule has 0 radical (unpaired) electrons. The largest absolute Gasteiger partial charge is 0.508 e. The number of phenols is 1. The minimum absolute atomic E-state index is 0.0753. The van der Waals surface area contributed by atoms with Crippen LogP contribution in [0.5, 0.6) is 5.75 Å². The maximum atomic E-state index is 12.5. The molecule has 2 rings (SSSR count). The van der Waals surface area contributed by atoms with E-state index in [1.165, 1.54) is 6.42 Å². The first-order chi connectivity index (χ1) is 10.2. The monoisotopic (exact) mass is 292 g/mol. The van der Waals surface area contributed by atoms with Gasteiger partial charge in [-0.05, 0) is 37.1 Å². The van der Waals surface area contributed by atoms with Crippen molar-refractivity contribution >= 4 is 5.91 Å². The van der Waals surface area contributed by atoms with Gasteiger partial charge in [0.05, 0.1) is 13.0 Å². The number of nitrogens with one attached hydrogen (secondary N) is 1. The van der Waals surface area contributed by atoms with Gasteiger partial charge in [0.25, 0.3) is 0 Å². The third kappa shape index (κ3) is 5.02. The normalized spacial score (nSPS) is 17.9. The van der Waals surface area contributed by atoms with E-state index < -0.39 is 0 Å². The number of nitrogens with zero attached hydrogens (tertiary/aromatic N) is 1. The lowest BCUT2D eigenvalue weighted by atomic mass is 10.1. The Labute approximate surface area is 125 Å². The van der Waals surface area contributed by atoms with Crippen molar-refractivity contribution in [3.05, 3.63) is 29.8 Å². The first kappa shape index (κ1) is 15.8. The molecule has 5 nitrogen and oxygen atoms in total. The molecule has 1 fully saturated rings. The number of ether oxygens (including phenoxy) is 1. The molecule has 1 unspecified atom stereocenters. The van der Waals surface area contributed by atoms with Crippen molar-refractivity contribution in [3.8, 4) is 5.75 Å². The fourth-order valence-corrected chi connectivity index (χ4v) is 2.65. The van der Waals surface area contributed by atoms with Crippen molar-refractivity contribution in [3.63, 3.8) is 0 Å². The summed E-state index contributed by atoms with van der Waals surface area (Å²) in [6, 6.07) is 7.25. The molecule has 2 N–H and O–H groups in total. The van der Waals surface area contributed by atoms with Crippen molar-refractivity contribution < 1.29 is 14.6 Å². The van der Waals surface area contributed by atoms with Gasteiger partial charge in [0, 0.05) is 26.2 Å². The van der Waals surface area contributed by atoms with Crippen LogP contribution in [0.3, 0.4) is 0 Å². The summed E-state index contributed by atoms with van der Waals surface area (Å²) in [7, 11) is 1.64. The molecule has 5 heteroatoms. The smallest absolute Gasteiger partial charge is 0.227 e. The summed E-state index contributed by atoms with van der Waals surface area (Å²) in [6.45, 7) is 2.90. The van der Waals surface area contributed by atoms with Crippen LogP contribution in [-0.2, 0) is 16.0 Å². The molecule has 0 bridgehead atoms. The Morgan fingerprint density at radius 3 is 3.05 bits per heavy atom. The average Bonchev–Trinajstić information content (AvgIpc) is 2.96. The zero-order chi connectivity index (χ0) is 15.1. The van der Waals surface area contributed by atoms with Crippen molar-refractivity contribution in [1.82, 2.24) is 10.2 Å². The maximum Gasteiger partial charge on any atom is 0.227 e. The lowest BCUT2D eigenvalue weighted by Crippen LogP contribution is -2.43. The SMILES string of the molecule is COCCN(CC1CCCN1)C(=O)Cc1cccc(O)c1. The van der Waals surface area contributed by atoms with E-state index in [9.17, 15) is 9.90 Å². The Morgan fingerprint density at radius 1 is 1.52 bits per heavy atom. The predicted octanol–water partition coefficient (Wildman–Crippen LogP) is 1.16. The molecule has 0 saturated carbocycles. The Kier molecular flexibility index (Phi) is 6.02. The van der Waals surface area contributed by atoms with Crippen LogP contribution in [0, 0.1) is 0 Å². The van der Waals surface area contributed by atoms with Gasteiger partial charge in [0.15, 0.2) is 0 Å². The molecule has 1 aromatic rings. The van der Waals surface area contributed by atoms with Crippen molar-refractivity contribution in [2.45, 2.75) is 25.3 Å². The van der Waals surface area contributed by atoms with E-state index in [0.717, 1.165) is 25.1 Å². The summed E-state index contributed by atoms with van der Waals surface area (Å²) < 4.78 is 5.10. The van der Waals surface area contributed by atoms with Gasteiger partial charge in [-0.3, -0.25) is 4.79 Å². The topological polar surface area (TPSA) is 61.8 Å². The molecule has 1 atom stereocenters. The van der Waals surface area contributed by atoms with Crippen molar-refractivity contribution in [2.75, 3.05) is 33.4 Å². The molecule has 1 aromatic carbocycles. The second-order valence-corrected chi connectivity index (χ2v) is 5.47. The van der Waals surface area contributed by atoms with Gasteiger partial charge >= 0.3 is 0 Å². The highest BCUT2D eigenvalue weighted by molar-refractivity contribution is 5.79. The lowest BCUT2D eigenvalue weighted by molar-refractivity contribution is -0.131. The van der Waals surface area contributed by atoms with Gasteiger partial charge in [-0.1, -0.05) is 12.1 Å². The van der Waals surface area contributed by atoms with Gasteiger partial charge < -0.3 is 20.1 Å². The highest BCUT2D eigenvalue weighted by atomic mass is 16.5. The minimum atomic E-state index is 0.0753. The number of aromatic hydroxyl groups is 1. The molecule has 0 spiro atoms. The Bertz CT molecular complexity index is 459. The molecule has 1 aliphatic heterocycles. The zero-order valence-corrected chi connectivity index (χ0v) is 12.5. The number of benzene rings is 1. The molecular formula is C16H24N2O3. The second-order valence-electron chi connectivity index (χ2n) is 5.47. The summed E-state index contributed by atoms with van der Waals surface area (Å²) in [5.41, 5.74) is 0.835. The van der Waals surface area contributed by atoms with E-state index in [0.29, 0.717) is 25.6 Å². The number of hydrogen-bond donors (Lipinski definition) is 2. The predicted molar refractivity (Wildman–Crippen MR) is 81.3 cm³/mol. The van der Waals surface area contributed by atoms with Gasteiger partial charge in [-0.25, -0.2) is 0 Å². The molecule has 21 heavy (non-hydrogen) atoms. The number of amides is 1. The highest BCUT2D eigenvalue weighted by Gasteiger charge is 2.21. The van der Waals surface area contributed by atoms with E-state index >= 15 is 0 Å². The molecule has 0 aliphatic carbocycles. The quantitative estimate of drug-likeness (QED) is 0.792. The van der Waals surface area contributed by atoms with Crippen LogP contribution in [-0.4, -0.2) is 55.3 Å². The maximum absolute atomic E-state index is 12.5. The summed E-state index contributed by atoms with van der Waals surface area (Å²) in [5.74, 6) is 0.271. The van der Waals surface area contributed by atoms with Crippen molar-refractivity contribution in [1.29, 1.82) is 0 Å². The van der Waals surface area contributed by atoms with Gasteiger partial charge in [0.2, 0.25) is 5.91 Å². The van der Waals surface area contributed by atoms with Gasteiger partial charge in [0.1, 0.15) is 5.75 Å². The standard InChI is InChI=1S/C16H24N2O3/c1-21-9-8-18(12-14-5-3-7-17-14)16(20)11-13-4-2-6-15(19)10-13/h2,4,6,10,14,17,19H,3,5,7-9,11-12H2,1H3. The van der Waals surface area contributed by atoms with Crippen molar-refractivity contribution in [2.24, 2.45) is 0 Å². The van der Waals surface area contributed by atoms with Crippen LogP contribution in [0.1, 0.15) is 18.4 Å². The number of rotatable bonds is 7. The Morgan fingerprint density at radius 2 is 2.38 bits per heavy atom. The first-order valence-electron chi connectivity index (χ1n) is 7.47. The third-order valence-corrected chi connectivity index (χ3v) is 3.79. The molecule has 1 amide bonds. The highest BCUT2D eigenvalue weighted by Crippen LogP contribution is 2.13.